The Kier molecular flexibility index (Phi) is 6.93. The maximum atomic E-state index is 14.0. The number of carbonyl (C=O) groups is 2. The first kappa shape index (κ1) is 26.8. The molecule has 3 aromatic rings. The van der Waals surface area contributed by atoms with Gasteiger partial charge >= 0.3 is 0 Å². The van der Waals surface area contributed by atoms with Crippen LogP contribution in [0.4, 0.5) is 8.78 Å². The summed E-state index contributed by atoms with van der Waals surface area (Å²) in [6, 6.07) is 16.3. The molecule has 0 spiro atoms. The molecule has 204 valence electrons. The standard InChI is InChI=1S/C28H27F2N3O5S/c1-39(36)17-37-21-6-4-18(5-7-21)19-2-3-20-15-23(38-22(20)14-19)24(34)32-27(10-12-28(29,30)13-11-27)25(35)33-26(16-31)8-9-26/h2-7,14-15H,8-13,17H2,1H3,(H,32,34)(H,33,35). The monoisotopic (exact) mass is 555 g/mol. The summed E-state index contributed by atoms with van der Waals surface area (Å²) in [6.45, 7) is 0. The number of hydrogen-bond donors (Lipinski definition) is 2. The van der Waals surface area contributed by atoms with Crippen LogP contribution in [0.1, 0.15) is 49.1 Å². The van der Waals surface area contributed by atoms with Crippen molar-refractivity contribution in [2.75, 3.05) is 12.2 Å². The molecule has 2 amide bonds. The number of carbonyl (C=O) groups excluding carboxylic acids is 2. The molecule has 39 heavy (non-hydrogen) atoms. The van der Waals surface area contributed by atoms with Crippen molar-refractivity contribution in [2.24, 2.45) is 0 Å². The minimum absolute atomic E-state index is 0.0515. The molecule has 2 aliphatic rings. The molecule has 8 nitrogen and oxygen atoms in total. The number of alkyl halides is 2. The first-order chi connectivity index (χ1) is 18.5. The lowest BCUT2D eigenvalue weighted by atomic mass is 9.78. The normalized spacial score (nSPS) is 19.4. The lowest BCUT2D eigenvalue weighted by Crippen LogP contribution is -2.62. The summed E-state index contributed by atoms with van der Waals surface area (Å²) >= 11 is 0. The van der Waals surface area contributed by atoms with Gasteiger partial charge in [-0.05, 0) is 61.1 Å². The molecule has 2 fully saturated rings. The van der Waals surface area contributed by atoms with Crippen LogP contribution in [0.3, 0.4) is 0 Å². The Labute approximate surface area is 226 Å². The molecule has 1 heterocycles. The SMILES string of the molecule is CS(=O)COc1ccc(-c2ccc3cc(C(=O)NC4(C(=O)NC5(C#N)CC5)CCC(F)(F)CC4)oc3c2)cc1. The summed E-state index contributed by atoms with van der Waals surface area (Å²) < 4.78 is 50.4. The van der Waals surface area contributed by atoms with Crippen LogP contribution in [-0.4, -0.2) is 45.2 Å². The van der Waals surface area contributed by atoms with E-state index in [1.807, 2.05) is 18.2 Å². The van der Waals surface area contributed by atoms with E-state index in [1.54, 1.807) is 30.5 Å². The highest BCUT2D eigenvalue weighted by molar-refractivity contribution is 7.84. The summed E-state index contributed by atoms with van der Waals surface area (Å²) in [7, 11) is -1.07. The molecular formula is C28H27F2N3O5S. The van der Waals surface area contributed by atoms with Crippen molar-refractivity contribution >= 4 is 33.6 Å². The van der Waals surface area contributed by atoms with Gasteiger partial charge in [0.05, 0.1) is 16.9 Å². The first-order valence-electron chi connectivity index (χ1n) is 12.5. The molecule has 0 aliphatic heterocycles. The van der Waals surface area contributed by atoms with Crippen molar-refractivity contribution < 1.29 is 31.7 Å². The van der Waals surface area contributed by atoms with E-state index in [1.165, 1.54) is 6.07 Å². The van der Waals surface area contributed by atoms with Crippen molar-refractivity contribution in [3.8, 4) is 22.9 Å². The quantitative estimate of drug-likeness (QED) is 0.417. The van der Waals surface area contributed by atoms with Gasteiger partial charge in [-0.25, -0.2) is 8.78 Å². The summed E-state index contributed by atoms with van der Waals surface area (Å²) in [5, 5.41) is 15.4. The predicted molar refractivity (Wildman–Crippen MR) is 141 cm³/mol. The predicted octanol–water partition coefficient (Wildman–Crippen LogP) is 4.66. The number of fused-ring (bicyclic) bond motifs is 1. The van der Waals surface area contributed by atoms with Crippen LogP contribution in [-0.2, 0) is 15.6 Å². The second-order valence-corrected chi connectivity index (χ2v) is 11.6. The van der Waals surface area contributed by atoms with E-state index < -0.39 is 52.5 Å². The number of amides is 2. The zero-order valence-corrected chi connectivity index (χ0v) is 22.0. The number of halogens is 2. The van der Waals surface area contributed by atoms with Gasteiger partial charge in [-0.15, -0.1) is 0 Å². The Hall–Kier alpha value is -3.78. The van der Waals surface area contributed by atoms with Gasteiger partial charge in [-0.2, -0.15) is 5.26 Å². The molecule has 0 radical (unpaired) electrons. The fourth-order valence-electron chi connectivity index (χ4n) is 4.67. The van der Waals surface area contributed by atoms with Crippen LogP contribution in [0, 0.1) is 11.3 Å². The molecule has 0 bridgehead atoms. The van der Waals surface area contributed by atoms with E-state index in [4.69, 9.17) is 9.15 Å². The molecular weight excluding hydrogens is 528 g/mol. The van der Waals surface area contributed by atoms with Gasteiger partial charge in [0.2, 0.25) is 11.8 Å². The van der Waals surface area contributed by atoms with Crippen molar-refractivity contribution in [2.45, 2.75) is 55.5 Å². The number of benzene rings is 2. The number of nitriles is 1. The number of ether oxygens (including phenoxy) is 1. The van der Waals surface area contributed by atoms with Crippen LogP contribution >= 0.6 is 0 Å². The summed E-state index contributed by atoms with van der Waals surface area (Å²) in [4.78, 5) is 26.4. The number of rotatable bonds is 8. The minimum Gasteiger partial charge on any atom is -0.480 e. The lowest BCUT2D eigenvalue weighted by molar-refractivity contribution is -0.133. The van der Waals surface area contributed by atoms with E-state index in [0.29, 0.717) is 29.6 Å². The van der Waals surface area contributed by atoms with Gasteiger partial charge in [0.1, 0.15) is 22.4 Å². The van der Waals surface area contributed by atoms with E-state index in [2.05, 4.69) is 16.7 Å². The molecule has 2 aliphatic carbocycles. The molecule has 11 heteroatoms. The van der Waals surface area contributed by atoms with E-state index in [9.17, 15) is 27.8 Å². The van der Waals surface area contributed by atoms with Crippen LogP contribution < -0.4 is 15.4 Å². The highest BCUT2D eigenvalue weighted by atomic mass is 32.2. The second kappa shape index (κ2) is 10.1. The van der Waals surface area contributed by atoms with Gasteiger partial charge in [0.15, 0.2) is 11.7 Å². The van der Waals surface area contributed by atoms with Gasteiger partial charge < -0.3 is 19.8 Å². The zero-order valence-electron chi connectivity index (χ0n) is 21.2. The molecule has 2 aromatic carbocycles. The van der Waals surface area contributed by atoms with Crippen LogP contribution in [0.5, 0.6) is 5.75 Å². The van der Waals surface area contributed by atoms with Crippen LogP contribution in [0.25, 0.3) is 22.1 Å². The third-order valence-corrected chi connectivity index (χ3v) is 7.71. The van der Waals surface area contributed by atoms with Crippen molar-refractivity contribution in [1.29, 1.82) is 5.26 Å². The second-order valence-electron chi connectivity index (χ2n) is 10.3. The van der Waals surface area contributed by atoms with E-state index >= 15 is 0 Å². The Balaban J connectivity index is 1.35. The zero-order chi connectivity index (χ0) is 27.8. The Morgan fingerprint density at radius 2 is 1.67 bits per heavy atom. The number of furan rings is 1. The molecule has 1 atom stereocenters. The number of nitrogens with zero attached hydrogens (tertiary/aromatic N) is 1. The van der Waals surface area contributed by atoms with Crippen molar-refractivity contribution in [3.63, 3.8) is 0 Å². The van der Waals surface area contributed by atoms with Gasteiger partial charge in [0, 0.05) is 24.5 Å². The Morgan fingerprint density at radius 3 is 2.28 bits per heavy atom. The fraction of sp³-hybridized carbons (Fsp3) is 0.393. The highest BCUT2D eigenvalue weighted by Gasteiger charge is 2.53. The Bertz CT molecular complexity index is 1480. The molecule has 0 saturated heterocycles. The number of hydrogen-bond acceptors (Lipinski definition) is 6. The summed E-state index contributed by atoms with van der Waals surface area (Å²) in [6.07, 6.45) is 0.914. The van der Waals surface area contributed by atoms with Gasteiger partial charge in [-0.3, -0.25) is 13.8 Å². The third kappa shape index (κ3) is 5.81. The van der Waals surface area contributed by atoms with Crippen molar-refractivity contribution in [1.82, 2.24) is 10.6 Å². The summed E-state index contributed by atoms with van der Waals surface area (Å²) in [5.74, 6) is -3.59. The fourth-order valence-corrected chi connectivity index (χ4v) is 4.98. The lowest BCUT2D eigenvalue weighted by Gasteiger charge is -2.39. The van der Waals surface area contributed by atoms with Gasteiger partial charge in [0.25, 0.3) is 5.91 Å². The van der Waals surface area contributed by atoms with Crippen molar-refractivity contribution in [3.05, 3.63) is 54.3 Å². The average Bonchev–Trinajstić information content (AvgIpc) is 3.55. The maximum Gasteiger partial charge on any atom is 0.287 e. The molecule has 1 aromatic heterocycles. The molecule has 5 rings (SSSR count). The largest absolute Gasteiger partial charge is 0.480 e. The van der Waals surface area contributed by atoms with E-state index in [-0.39, 0.29) is 24.5 Å². The smallest absolute Gasteiger partial charge is 0.287 e. The Morgan fingerprint density at radius 1 is 1.00 bits per heavy atom. The van der Waals surface area contributed by atoms with Crippen LogP contribution in [0.15, 0.2) is 52.9 Å². The topological polar surface area (TPSA) is 121 Å². The highest BCUT2D eigenvalue weighted by Crippen LogP contribution is 2.41. The molecule has 2 saturated carbocycles. The number of nitrogens with one attached hydrogen (secondary N) is 2. The molecule has 2 N–H and O–H groups in total. The van der Waals surface area contributed by atoms with Gasteiger partial charge in [-0.1, -0.05) is 24.3 Å². The average molecular weight is 556 g/mol. The first-order valence-corrected chi connectivity index (χ1v) is 14.3. The van der Waals surface area contributed by atoms with E-state index in [0.717, 1.165) is 11.1 Å². The minimum atomic E-state index is -2.92. The molecule has 1 unspecified atom stereocenters. The maximum absolute atomic E-state index is 14.0. The third-order valence-electron chi connectivity index (χ3n) is 7.26. The van der Waals surface area contributed by atoms with Crippen LogP contribution in [0.2, 0.25) is 0 Å². The summed E-state index contributed by atoms with van der Waals surface area (Å²) in [5.41, 5.74) is -0.428.